The Balaban J connectivity index is 0.000000845. The van der Waals surface area contributed by atoms with E-state index in [1.165, 1.54) is 12.1 Å². The Bertz CT molecular complexity index is 455. The second kappa shape index (κ2) is 3.80. The molecule has 0 bridgehead atoms. The third-order valence-corrected chi connectivity index (χ3v) is 3.04. The van der Waals surface area contributed by atoms with Crippen molar-refractivity contribution in [1.82, 2.24) is 4.72 Å². The average molecular weight is 222 g/mol. The molecule has 0 unspecified atom stereocenters. The third kappa shape index (κ3) is 1.88. The van der Waals surface area contributed by atoms with Crippen LogP contribution < -0.4 is 4.72 Å². The van der Waals surface area contributed by atoms with Gasteiger partial charge in [-0.1, -0.05) is 12.1 Å². The molecule has 1 aromatic carbocycles. The SMILES string of the molecule is O=C1NS(=O)(=O)c2ccccc21.[K]. The molecule has 1 aliphatic heterocycles. The topological polar surface area (TPSA) is 63.2 Å². The number of nitrogens with one attached hydrogen (secondary N) is 1. The first-order valence-electron chi connectivity index (χ1n) is 3.27. The van der Waals surface area contributed by atoms with E-state index in [9.17, 15) is 13.2 Å². The minimum atomic E-state index is -3.55. The largest absolute Gasteiger partial charge is 0.268 e. The van der Waals surface area contributed by atoms with Crippen LogP contribution in [0.5, 0.6) is 0 Å². The van der Waals surface area contributed by atoms with Crippen molar-refractivity contribution in [3.05, 3.63) is 29.8 Å². The summed E-state index contributed by atoms with van der Waals surface area (Å²) in [4.78, 5) is 11.1. The third-order valence-electron chi connectivity index (χ3n) is 1.65. The zero-order chi connectivity index (χ0) is 8.77. The van der Waals surface area contributed by atoms with Crippen molar-refractivity contribution in [1.29, 1.82) is 0 Å². The number of rotatable bonds is 0. The van der Waals surface area contributed by atoms with E-state index >= 15 is 0 Å². The van der Waals surface area contributed by atoms with Gasteiger partial charge in [-0.2, -0.15) is 0 Å². The fourth-order valence-corrected chi connectivity index (χ4v) is 2.29. The van der Waals surface area contributed by atoms with Crippen LogP contribution in [-0.4, -0.2) is 65.7 Å². The van der Waals surface area contributed by atoms with Gasteiger partial charge in [0, 0.05) is 51.4 Å². The van der Waals surface area contributed by atoms with Gasteiger partial charge < -0.3 is 0 Å². The summed E-state index contributed by atoms with van der Waals surface area (Å²) in [5.74, 6) is -0.550. The molecule has 1 aliphatic rings. The number of benzene rings is 1. The molecule has 0 fully saturated rings. The molecule has 1 aromatic rings. The van der Waals surface area contributed by atoms with Gasteiger partial charge in [-0.15, -0.1) is 0 Å². The smallest absolute Gasteiger partial charge is 0.266 e. The van der Waals surface area contributed by atoms with Gasteiger partial charge in [0.2, 0.25) is 0 Å². The van der Waals surface area contributed by atoms with Gasteiger partial charge in [0.1, 0.15) is 4.90 Å². The van der Waals surface area contributed by atoms with E-state index in [2.05, 4.69) is 0 Å². The molecule has 1 N–H and O–H groups in total. The molecular weight excluding hydrogens is 217 g/mol. The van der Waals surface area contributed by atoms with Crippen LogP contribution in [0.1, 0.15) is 10.4 Å². The van der Waals surface area contributed by atoms with Crippen LogP contribution in [0, 0.1) is 0 Å². The molecule has 6 heteroatoms. The van der Waals surface area contributed by atoms with Crippen molar-refractivity contribution in [3.63, 3.8) is 0 Å². The van der Waals surface area contributed by atoms with Crippen LogP contribution in [0.15, 0.2) is 29.2 Å². The molecule has 13 heavy (non-hydrogen) atoms. The van der Waals surface area contributed by atoms with E-state index in [4.69, 9.17) is 0 Å². The van der Waals surface area contributed by atoms with Gasteiger partial charge in [-0.3, -0.25) is 4.79 Å². The molecular formula is C7H5KNO3S. The summed E-state index contributed by atoms with van der Waals surface area (Å²) in [5, 5.41) is 0. The zero-order valence-electron chi connectivity index (χ0n) is 6.94. The number of amides is 1. The van der Waals surface area contributed by atoms with E-state index in [-0.39, 0.29) is 61.8 Å². The predicted octanol–water partition coefficient (Wildman–Crippen LogP) is -0.262. The molecule has 2 rings (SSSR count). The number of hydrogen-bond acceptors (Lipinski definition) is 3. The van der Waals surface area contributed by atoms with E-state index in [1.807, 2.05) is 4.72 Å². The van der Waals surface area contributed by atoms with E-state index < -0.39 is 15.9 Å². The number of carbonyl (C=O) groups excluding carboxylic acids is 1. The van der Waals surface area contributed by atoms with Gasteiger partial charge in [0.25, 0.3) is 15.9 Å². The Labute approximate surface area is 118 Å². The zero-order valence-corrected chi connectivity index (χ0v) is 10.9. The first kappa shape index (κ1) is 11.4. The monoisotopic (exact) mass is 222 g/mol. The summed E-state index contributed by atoms with van der Waals surface area (Å²) in [6, 6.07) is 6.09. The maximum atomic E-state index is 11.1. The molecule has 63 valence electrons. The summed E-state index contributed by atoms with van der Waals surface area (Å²) >= 11 is 0. The van der Waals surface area contributed by atoms with Crippen molar-refractivity contribution in [3.8, 4) is 0 Å². The Kier molecular flexibility index (Phi) is 3.32. The van der Waals surface area contributed by atoms with E-state index in [0.717, 1.165) is 0 Å². The first-order valence-corrected chi connectivity index (χ1v) is 4.76. The normalized spacial score (nSPS) is 17.1. The Morgan fingerprint density at radius 2 is 1.77 bits per heavy atom. The van der Waals surface area contributed by atoms with Crippen LogP contribution in [0.2, 0.25) is 0 Å². The Morgan fingerprint density at radius 1 is 1.15 bits per heavy atom. The quantitative estimate of drug-likeness (QED) is 0.615. The Hall–Kier alpha value is 0.276. The standard InChI is InChI=1S/C7H5NO3S.K/c9-7-5-3-1-2-4-6(5)12(10,11)8-7;/h1-4H,(H,8,9);. The molecule has 0 saturated heterocycles. The summed E-state index contributed by atoms with van der Waals surface area (Å²) in [5.41, 5.74) is 0.220. The molecule has 0 spiro atoms. The average Bonchev–Trinajstić information content (AvgIpc) is 2.25. The van der Waals surface area contributed by atoms with Gasteiger partial charge in [0.15, 0.2) is 0 Å². The number of hydrogen-bond donors (Lipinski definition) is 1. The van der Waals surface area contributed by atoms with Crippen LogP contribution in [0.3, 0.4) is 0 Å². The second-order valence-corrected chi connectivity index (χ2v) is 4.08. The fourth-order valence-electron chi connectivity index (χ4n) is 1.12. The molecule has 1 radical (unpaired) electrons. The molecule has 1 heterocycles. The molecule has 0 atom stereocenters. The molecule has 4 nitrogen and oxygen atoms in total. The van der Waals surface area contributed by atoms with Crippen molar-refractivity contribution in [2.24, 2.45) is 0 Å². The van der Waals surface area contributed by atoms with E-state index in [1.54, 1.807) is 12.1 Å². The van der Waals surface area contributed by atoms with Gasteiger partial charge >= 0.3 is 0 Å². The number of carbonyl (C=O) groups is 1. The van der Waals surface area contributed by atoms with Gasteiger partial charge in [0.05, 0.1) is 5.56 Å². The van der Waals surface area contributed by atoms with Crippen LogP contribution in [0.4, 0.5) is 0 Å². The molecule has 0 aromatic heterocycles. The summed E-state index contributed by atoms with van der Waals surface area (Å²) in [6.45, 7) is 0. The predicted molar refractivity (Wildman–Crippen MR) is 46.8 cm³/mol. The minimum absolute atomic E-state index is 0. The van der Waals surface area contributed by atoms with E-state index in [0.29, 0.717) is 0 Å². The van der Waals surface area contributed by atoms with Crippen molar-refractivity contribution < 1.29 is 13.2 Å². The van der Waals surface area contributed by atoms with Gasteiger partial charge in [-0.25, -0.2) is 13.1 Å². The second-order valence-electron chi connectivity index (χ2n) is 2.43. The molecule has 1 amide bonds. The number of sulfonamides is 1. The molecule has 0 saturated carbocycles. The van der Waals surface area contributed by atoms with Crippen molar-refractivity contribution in [2.75, 3.05) is 0 Å². The first-order chi connectivity index (χ1) is 5.61. The fraction of sp³-hybridized carbons (Fsp3) is 0. The minimum Gasteiger partial charge on any atom is -0.268 e. The van der Waals surface area contributed by atoms with Gasteiger partial charge in [-0.05, 0) is 12.1 Å². The van der Waals surface area contributed by atoms with Crippen LogP contribution >= 0.6 is 0 Å². The Morgan fingerprint density at radius 3 is 2.38 bits per heavy atom. The molecule has 0 aliphatic carbocycles. The number of fused-ring (bicyclic) bond motifs is 1. The summed E-state index contributed by atoms with van der Waals surface area (Å²) in [6.07, 6.45) is 0. The van der Waals surface area contributed by atoms with Crippen LogP contribution in [-0.2, 0) is 10.0 Å². The van der Waals surface area contributed by atoms with Crippen LogP contribution in [0.25, 0.3) is 0 Å². The van der Waals surface area contributed by atoms with Crippen molar-refractivity contribution in [2.45, 2.75) is 4.90 Å². The summed E-state index contributed by atoms with van der Waals surface area (Å²) in [7, 11) is -3.55. The van der Waals surface area contributed by atoms with Crippen molar-refractivity contribution >= 4 is 67.3 Å². The maximum absolute atomic E-state index is 11.1. The maximum Gasteiger partial charge on any atom is 0.266 e. The summed E-state index contributed by atoms with van der Waals surface area (Å²) < 4.78 is 24.2.